The Morgan fingerprint density at radius 1 is 1.33 bits per heavy atom. The molecule has 43 heavy (non-hydrogen) atoms. The first-order valence-corrected chi connectivity index (χ1v) is 14.7. The summed E-state index contributed by atoms with van der Waals surface area (Å²) in [5.74, 6) is -0.229. The van der Waals surface area contributed by atoms with Gasteiger partial charge in [-0.15, -0.1) is 0 Å². The van der Waals surface area contributed by atoms with Crippen molar-refractivity contribution in [3.63, 3.8) is 0 Å². The lowest BCUT2D eigenvalue weighted by atomic mass is 9.69. The molecule has 1 saturated carbocycles. The van der Waals surface area contributed by atoms with Crippen LogP contribution in [-0.2, 0) is 25.7 Å². The number of allylic oxidation sites excluding steroid dienone is 1. The lowest BCUT2D eigenvalue weighted by Crippen LogP contribution is -2.39. The number of hydrogen-bond donors (Lipinski definition) is 3. The Kier molecular flexibility index (Phi) is 12.0. The van der Waals surface area contributed by atoms with E-state index in [1.54, 1.807) is 17.0 Å². The number of nitrogens with one attached hydrogen (secondary N) is 1. The van der Waals surface area contributed by atoms with Gasteiger partial charge in [0.05, 0.1) is 11.6 Å². The lowest BCUT2D eigenvalue weighted by Gasteiger charge is -2.39. The van der Waals surface area contributed by atoms with Crippen LogP contribution in [0.4, 0.5) is 13.3 Å². The summed E-state index contributed by atoms with van der Waals surface area (Å²) >= 11 is 6.71. The summed E-state index contributed by atoms with van der Waals surface area (Å²) in [5.41, 5.74) is 6.24. The van der Waals surface area contributed by atoms with Crippen molar-refractivity contribution in [3.05, 3.63) is 39.7 Å². The summed E-state index contributed by atoms with van der Waals surface area (Å²) in [6, 6.07) is 3.15. The lowest BCUT2D eigenvalue weighted by molar-refractivity contribution is -0.192. The fraction of sp³-hybridized carbons (Fsp3) is 0.621. The van der Waals surface area contributed by atoms with Crippen molar-refractivity contribution in [1.29, 1.82) is 0 Å². The summed E-state index contributed by atoms with van der Waals surface area (Å²) in [6.45, 7) is 3.05. The van der Waals surface area contributed by atoms with Gasteiger partial charge < -0.3 is 25.7 Å². The van der Waals surface area contributed by atoms with Crippen LogP contribution in [0.5, 0.6) is 5.75 Å². The summed E-state index contributed by atoms with van der Waals surface area (Å²) in [5, 5.41) is 3.68. The molecular weight excluding hydrogens is 591 g/mol. The average Bonchev–Trinajstić information content (AvgIpc) is 3.26. The van der Waals surface area contributed by atoms with E-state index in [1.165, 1.54) is 7.05 Å². The number of carbonyl (C=O) groups excluding carboxylic acids is 3. The zero-order chi connectivity index (χ0) is 31.9. The van der Waals surface area contributed by atoms with E-state index in [2.05, 4.69) is 10.3 Å². The van der Waals surface area contributed by atoms with E-state index < -0.39 is 41.9 Å². The van der Waals surface area contributed by atoms with Gasteiger partial charge >= 0.3 is 5.97 Å². The minimum atomic E-state index is -3.36. The molecule has 14 heteroatoms. The molecule has 0 spiro atoms. The minimum Gasteiger partial charge on any atom is -0.487 e. The standard InChI is InChI=1S/C29H41ClF3N5O5/c1-17-12-25(40)38(13-17)14-21(18-6-4-5-7-19(18)28(41)43-33)26-20(10-11-36-16-39)22(30)8-9-24(26)42-15-23(34)27(37(3)35)29(2,31)32/h8-9,16-19,21H,4-7,10-15,34-35H2,1-3H3,(H,36,39)/b27-23-. The normalized spacial score (nSPS) is 22.1. The molecule has 0 radical (unpaired) electrons. The van der Waals surface area contributed by atoms with Crippen LogP contribution in [0, 0.1) is 17.8 Å². The predicted octanol–water partition coefficient (Wildman–Crippen LogP) is 3.82. The number of nitrogens with two attached hydrogens (primary N) is 2. The fourth-order valence-corrected chi connectivity index (χ4v) is 6.78. The second kappa shape index (κ2) is 15.0. The first-order valence-electron chi connectivity index (χ1n) is 14.4. The van der Waals surface area contributed by atoms with Crippen LogP contribution in [0.25, 0.3) is 0 Å². The number of hydrogen-bond acceptors (Lipinski definition) is 8. The van der Waals surface area contributed by atoms with E-state index in [1.807, 2.05) is 6.92 Å². The molecule has 1 aliphatic carbocycles. The quantitative estimate of drug-likeness (QED) is 0.122. The summed E-state index contributed by atoms with van der Waals surface area (Å²) in [7, 11) is 1.24. The van der Waals surface area contributed by atoms with Crippen LogP contribution in [-0.4, -0.2) is 67.4 Å². The molecule has 5 N–H and O–H groups in total. The number of ether oxygens (including phenoxy) is 1. The van der Waals surface area contributed by atoms with Crippen LogP contribution >= 0.6 is 11.6 Å². The Bertz CT molecular complexity index is 1200. The van der Waals surface area contributed by atoms with Gasteiger partial charge in [0.2, 0.25) is 12.3 Å². The summed E-state index contributed by atoms with van der Waals surface area (Å²) in [4.78, 5) is 42.1. The number of amides is 2. The highest BCUT2D eigenvalue weighted by Crippen LogP contribution is 2.47. The topological polar surface area (TPSA) is 140 Å². The van der Waals surface area contributed by atoms with E-state index in [4.69, 9.17) is 27.9 Å². The first-order chi connectivity index (χ1) is 20.3. The van der Waals surface area contributed by atoms with Gasteiger partial charge in [0.1, 0.15) is 18.1 Å². The number of halogens is 4. The van der Waals surface area contributed by atoms with Gasteiger partial charge in [0, 0.05) is 61.1 Å². The van der Waals surface area contributed by atoms with Crippen LogP contribution < -0.4 is 21.6 Å². The first kappa shape index (κ1) is 34.3. The zero-order valence-electron chi connectivity index (χ0n) is 24.7. The van der Waals surface area contributed by atoms with Gasteiger partial charge in [0.25, 0.3) is 5.92 Å². The SMILES string of the molecule is CC1CC(=O)N(CC(c2c(OC/C(N)=C(/N(C)N)C(C)(F)F)ccc(Cl)c2CCNC=O)C2CCCCC2C(=O)OF)C1. The molecule has 1 aromatic rings. The monoisotopic (exact) mass is 631 g/mol. The van der Waals surface area contributed by atoms with Gasteiger partial charge in [-0.1, -0.05) is 31.4 Å². The second-order valence-corrected chi connectivity index (χ2v) is 12.0. The summed E-state index contributed by atoms with van der Waals surface area (Å²) < 4.78 is 48.0. The Balaban J connectivity index is 2.19. The molecule has 2 fully saturated rings. The minimum absolute atomic E-state index is 0.0559. The van der Waals surface area contributed by atoms with Crippen LogP contribution in [0.15, 0.2) is 23.5 Å². The van der Waals surface area contributed by atoms with Gasteiger partial charge in [-0.25, -0.2) is 10.6 Å². The van der Waals surface area contributed by atoms with Crippen LogP contribution in [0.1, 0.15) is 63.0 Å². The Labute approximate surface area is 254 Å². The van der Waals surface area contributed by atoms with E-state index in [0.717, 1.165) is 11.4 Å². The Morgan fingerprint density at radius 3 is 2.60 bits per heavy atom. The highest BCUT2D eigenvalue weighted by Gasteiger charge is 2.43. The van der Waals surface area contributed by atoms with Crippen molar-refractivity contribution in [3.8, 4) is 5.75 Å². The van der Waals surface area contributed by atoms with Crippen molar-refractivity contribution in [2.45, 2.75) is 64.2 Å². The molecule has 4 unspecified atom stereocenters. The highest BCUT2D eigenvalue weighted by molar-refractivity contribution is 6.31. The molecule has 2 aliphatic rings. The van der Waals surface area contributed by atoms with Gasteiger partial charge in [-0.2, -0.15) is 8.78 Å². The number of alkyl halides is 2. The van der Waals surface area contributed by atoms with Crippen LogP contribution in [0.3, 0.4) is 0 Å². The molecule has 10 nitrogen and oxygen atoms in total. The van der Waals surface area contributed by atoms with E-state index in [0.29, 0.717) is 61.7 Å². The number of benzene rings is 1. The maximum atomic E-state index is 14.3. The molecule has 0 aromatic heterocycles. The van der Waals surface area contributed by atoms with E-state index in [-0.39, 0.29) is 42.8 Å². The molecule has 1 heterocycles. The average molecular weight is 632 g/mol. The summed E-state index contributed by atoms with van der Waals surface area (Å²) in [6.07, 6.45) is 3.54. The number of nitrogens with zero attached hydrogens (tertiary/aromatic N) is 2. The van der Waals surface area contributed by atoms with Gasteiger partial charge in [-0.3, -0.25) is 14.5 Å². The molecule has 3 rings (SSSR count). The second-order valence-electron chi connectivity index (χ2n) is 11.6. The van der Waals surface area contributed by atoms with Crippen molar-refractivity contribution < 1.29 is 37.4 Å². The van der Waals surface area contributed by atoms with Crippen molar-refractivity contribution >= 4 is 29.9 Å². The molecule has 1 aromatic carbocycles. The number of likely N-dealkylation sites (tertiary alicyclic amines) is 1. The third kappa shape index (κ3) is 8.47. The molecule has 240 valence electrons. The number of carbonyl (C=O) groups is 3. The third-order valence-corrected chi connectivity index (χ3v) is 8.58. The van der Waals surface area contributed by atoms with Crippen molar-refractivity contribution in [2.24, 2.45) is 29.3 Å². The van der Waals surface area contributed by atoms with Gasteiger partial charge in [-0.05, 0) is 48.8 Å². The fourth-order valence-electron chi connectivity index (χ4n) is 6.52. The van der Waals surface area contributed by atoms with Crippen LogP contribution in [0.2, 0.25) is 5.02 Å². The molecule has 1 saturated heterocycles. The van der Waals surface area contributed by atoms with E-state index in [9.17, 15) is 27.7 Å². The Morgan fingerprint density at radius 2 is 2.02 bits per heavy atom. The largest absolute Gasteiger partial charge is 0.487 e. The van der Waals surface area contributed by atoms with E-state index >= 15 is 0 Å². The smallest absolute Gasteiger partial charge is 0.352 e. The molecule has 1 aliphatic heterocycles. The maximum Gasteiger partial charge on any atom is 0.352 e. The molecule has 0 bridgehead atoms. The molecule has 2 amide bonds. The molecule has 4 atom stereocenters. The highest BCUT2D eigenvalue weighted by atomic mass is 35.5. The molecular formula is C29H41ClF3N5O5. The number of hydrazine groups is 1. The van der Waals surface area contributed by atoms with Gasteiger partial charge in [0.15, 0.2) is 0 Å². The zero-order valence-corrected chi connectivity index (χ0v) is 25.5. The Hall–Kier alpha value is -3.19. The predicted molar refractivity (Wildman–Crippen MR) is 154 cm³/mol. The number of rotatable bonds is 14. The van der Waals surface area contributed by atoms with Crippen molar-refractivity contribution in [2.75, 3.05) is 33.3 Å². The third-order valence-electron chi connectivity index (χ3n) is 8.23. The van der Waals surface area contributed by atoms with Crippen molar-refractivity contribution in [1.82, 2.24) is 15.2 Å². The maximum absolute atomic E-state index is 14.3.